The van der Waals surface area contributed by atoms with Crippen molar-refractivity contribution in [3.05, 3.63) is 52.4 Å². The first-order chi connectivity index (χ1) is 9.60. The fraction of sp³-hybridized carbons (Fsp3) is 0.267. The van der Waals surface area contributed by atoms with Crippen molar-refractivity contribution in [3.8, 4) is 5.75 Å². The van der Waals surface area contributed by atoms with E-state index >= 15 is 0 Å². The Kier molecular flexibility index (Phi) is 4.95. The summed E-state index contributed by atoms with van der Waals surface area (Å²) in [6.45, 7) is 2.87. The molecule has 0 aliphatic heterocycles. The third-order valence-corrected chi connectivity index (χ3v) is 3.29. The number of ether oxygens (including phenoxy) is 1. The molecule has 3 nitrogen and oxygen atoms in total. The maximum Gasteiger partial charge on any atom is 0.165 e. The summed E-state index contributed by atoms with van der Waals surface area (Å²) in [6.07, 6.45) is 1.74. The SMILES string of the molecule is CCOc1ccc(CN(C)c2ccc(Br)cn2)cc1F. The maximum atomic E-state index is 13.8. The monoisotopic (exact) mass is 338 g/mol. The number of pyridine rings is 1. The first-order valence-corrected chi connectivity index (χ1v) is 7.13. The molecule has 0 unspecified atom stereocenters. The van der Waals surface area contributed by atoms with E-state index in [1.807, 2.05) is 37.1 Å². The maximum absolute atomic E-state index is 13.8. The first kappa shape index (κ1) is 14.8. The van der Waals surface area contributed by atoms with Crippen LogP contribution >= 0.6 is 15.9 Å². The van der Waals surface area contributed by atoms with Crippen LogP contribution in [0.3, 0.4) is 0 Å². The molecule has 0 bridgehead atoms. The molecule has 0 saturated carbocycles. The molecule has 0 atom stereocenters. The van der Waals surface area contributed by atoms with Gasteiger partial charge in [0.1, 0.15) is 5.82 Å². The molecule has 0 aliphatic rings. The second-order valence-electron chi connectivity index (χ2n) is 4.39. The number of hydrogen-bond donors (Lipinski definition) is 0. The standard InChI is InChI=1S/C15H16BrFN2O/c1-3-20-14-6-4-11(8-13(14)17)10-19(2)15-7-5-12(16)9-18-15/h4-9H,3,10H2,1-2H3. The molecular weight excluding hydrogens is 323 g/mol. The van der Waals surface area contributed by atoms with Crippen molar-refractivity contribution in [1.29, 1.82) is 0 Å². The Hall–Kier alpha value is -1.62. The van der Waals surface area contributed by atoms with E-state index in [4.69, 9.17) is 4.74 Å². The quantitative estimate of drug-likeness (QED) is 0.823. The van der Waals surface area contributed by atoms with Gasteiger partial charge in [-0.05, 0) is 52.7 Å². The summed E-state index contributed by atoms with van der Waals surface area (Å²) in [6, 6.07) is 8.87. The minimum absolute atomic E-state index is 0.292. The molecule has 20 heavy (non-hydrogen) atoms. The molecule has 2 rings (SSSR count). The third-order valence-electron chi connectivity index (χ3n) is 2.82. The van der Waals surface area contributed by atoms with Gasteiger partial charge in [0.25, 0.3) is 0 Å². The van der Waals surface area contributed by atoms with Crippen LogP contribution in [0.4, 0.5) is 10.2 Å². The van der Waals surface area contributed by atoms with E-state index in [0.29, 0.717) is 18.9 Å². The fourth-order valence-corrected chi connectivity index (χ4v) is 2.10. The lowest BCUT2D eigenvalue weighted by molar-refractivity contribution is 0.321. The summed E-state index contributed by atoms with van der Waals surface area (Å²) in [5.41, 5.74) is 0.873. The summed E-state index contributed by atoms with van der Waals surface area (Å²) in [5, 5.41) is 0. The molecule has 0 amide bonds. The Bertz CT molecular complexity index is 575. The smallest absolute Gasteiger partial charge is 0.165 e. The molecule has 1 heterocycles. The molecule has 0 spiro atoms. The predicted molar refractivity (Wildman–Crippen MR) is 81.6 cm³/mol. The van der Waals surface area contributed by atoms with E-state index in [2.05, 4.69) is 20.9 Å². The fourth-order valence-electron chi connectivity index (χ4n) is 1.86. The van der Waals surface area contributed by atoms with Gasteiger partial charge in [-0.3, -0.25) is 0 Å². The van der Waals surface area contributed by atoms with Crippen LogP contribution in [-0.2, 0) is 6.54 Å². The Balaban J connectivity index is 2.09. The highest BCUT2D eigenvalue weighted by Crippen LogP contribution is 2.21. The van der Waals surface area contributed by atoms with Gasteiger partial charge >= 0.3 is 0 Å². The van der Waals surface area contributed by atoms with Crippen LogP contribution in [0.1, 0.15) is 12.5 Å². The average Bonchev–Trinajstić information content (AvgIpc) is 2.42. The van der Waals surface area contributed by atoms with Gasteiger partial charge in [-0.15, -0.1) is 0 Å². The molecule has 2 aromatic rings. The van der Waals surface area contributed by atoms with E-state index in [9.17, 15) is 4.39 Å². The van der Waals surface area contributed by atoms with E-state index in [1.165, 1.54) is 6.07 Å². The van der Waals surface area contributed by atoms with Crippen LogP contribution in [0.25, 0.3) is 0 Å². The van der Waals surface area contributed by atoms with E-state index < -0.39 is 0 Å². The van der Waals surface area contributed by atoms with Crippen LogP contribution in [0.15, 0.2) is 41.0 Å². The summed E-state index contributed by atoms with van der Waals surface area (Å²) in [5.74, 6) is 0.796. The number of benzene rings is 1. The van der Waals surface area contributed by atoms with Gasteiger partial charge in [0, 0.05) is 24.3 Å². The number of rotatable bonds is 5. The lowest BCUT2D eigenvalue weighted by Crippen LogP contribution is -2.17. The van der Waals surface area contributed by atoms with Gasteiger partial charge in [-0.25, -0.2) is 9.37 Å². The Morgan fingerprint density at radius 2 is 2.10 bits per heavy atom. The van der Waals surface area contributed by atoms with Gasteiger partial charge < -0.3 is 9.64 Å². The number of halogens is 2. The van der Waals surface area contributed by atoms with E-state index in [-0.39, 0.29) is 5.82 Å². The van der Waals surface area contributed by atoms with Crippen LogP contribution in [0.2, 0.25) is 0 Å². The number of aromatic nitrogens is 1. The Labute approximate surface area is 126 Å². The largest absolute Gasteiger partial charge is 0.491 e. The highest BCUT2D eigenvalue weighted by molar-refractivity contribution is 9.10. The molecule has 106 valence electrons. The second kappa shape index (κ2) is 6.70. The van der Waals surface area contributed by atoms with Crippen LogP contribution in [-0.4, -0.2) is 18.6 Å². The topological polar surface area (TPSA) is 25.4 Å². The second-order valence-corrected chi connectivity index (χ2v) is 5.30. The van der Waals surface area contributed by atoms with Crippen molar-refractivity contribution in [3.63, 3.8) is 0 Å². The van der Waals surface area contributed by atoms with Gasteiger partial charge in [0.2, 0.25) is 0 Å². The normalized spacial score (nSPS) is 10.4. The zero-order valence-electron chi connectivity index (χ0n) is 11.4. The van der Waals surface area contributed by atoms with Crippen molar-refractivity contribution in [2.45, 2.75) is 13.5 Å². The molecule has 0 aliphatic carbocycles. The molecular formula is C15H16BrFN2O. The first-order valence-electron chi connectivity index (χ1n) is 6.34. The van der Waals surface area contributed by atoms with Crippen molar-refractivity contribution in [2.75, 3.05) is 18.6 Å². The molecule has 1 aromatic heterocycles. The predicted octanol–water partition coefficient (Wildman–Crippen LogP) is 4.02. The molecule has 5 heteroatoms. The zero-order valence-corrected chi connectivity index (χ0v) is 13.0. The van der Waals surface area contributed by atoms with Gasteiger partial charge in [-0.2, -0.15) is 0 Å². The Morgan fingerprint density at radius 1 is 1.30 bits per heavy atom. The van der Waals surface area contributed by atoms with Crippen molar-refractivity contribution >= 4 is 21.7 Å². The Morgan fingerprint density at radius 3 is 2.70 bits per heavy atom. The van der Waals surface area contributed by atoms with E-state index in [0.717, 1.165) is 15.9 Å². The van der Waals surface area contributed by atoms with Gasteiger partial charge in [-0.1, -0.05) is 6.07 Å². The lowest BCUT2D eigenvalue weighted by Gasteiger charge is -2.18. The van der Waals surface area contributed by atoms with Gasteiger partial charge in [0.15, 0.2) is 11.6 Å². The third kappa shape index (κ3) is 3.70. The van der Waals surface area contributed by atoms with Crippen LogP contribution in [0.5, 0.6) is 5.75 Å². The highest BCUT2D eigenvalue weighted by Gasteiger charge is 2.07. The van der Waals surface area contributed by atoms with Crippen molar-refractivity contribution in [1.82, 2.24) is 4.98 Å². The molecule has 1 aromatic carbocycles. The van der Waals surface area contributed by atoms with Crippen LogP contribution in [0, 0.1) is 5.82 Å². The molecule has 0 saturated heterocycles. The average molecular weight is 339 g/mol. The minimum Gasteiger partial charge on any atom is -0.491 e. The van der Waals surface area contributed by atoms with Crippen molar-refractivity contribution < 1.29 is 9.13 Å². The number of anilines is 1. The summed E-state index contributed by atoms with van der Waals surface area (Å²) < 4.78 is 19.9. The van der Waals surface area contributed by atoms with Crippen molar-refractivity contribution in [2.24, 2.45) is 0 Å². The molecule has 0 radical (unpaired) electrons. The minimum atomic E-state index is -0.332. The summed E-state index contributed by atoms with van der Waals surface area (Å²) >= 11 is 3.35. The lowest BCUT2D eigenvalue weighted by atomic mass is 10.2. The van der Waals surface area contributed by atoms with Crippen LogP contribution < -0.4 is 9.64 Å². The molecule has 0 N–H and O–H groups in total. The summed E-state index contributed by atoms with van der Waals surface area (Å²) in [4.78, 5) is 6.26. The van der Waals surface area contributed by atoms with Gasteiger partial charge in [0.05, 0.1) is 6.61 Å². The number of nitrogens with zero attached hydrogens (tertiary/aromatic N) is 2. The summed E-state index contributed by atoms with van der Waals surface area (Å²) in [7, 11) is 1.92. The zero-order chi connectivity index (χ0) is 14.5. The number of hydrogen-bond acceptors (Lipinski definition) is 3. The highest BCUT2D eigenvalue weighted by atomic mass is 79.9. The van der Waals surface area contributed by atoms with E-state index in [1.54, 1.807) is 12.3 Å². The molecule has 0 fully saturated rings.